The molecule has 1 N–H and O–H groups in total. The highest BCUT2D eigenvalue weighted by Crippen LogP contribution is 2.20. The van der Waals surface area contributed by atoms with Gasteiger partial charge >= 0.3 is 0 Å². The summed E-state index contributed by atoms with van der Waals surface area (Å²) in [6, 6.07) is 14.5. The van der Waals surface area contributed by atoms with E-state index in [1.54, 1.807) is 7.11 Å². The zero-order valence-electron chi connectivity index (χ0n) is 15.2. The number of pyridine rings is 1. The monoisotopic (exact) mass is 340 g/mol. The third kappa shape index (κ3) is 5.10. The zero-order chi connectivity index (χ0) is 17.5. The lowest BCUT2D eigenvalue weighted by Crippen LogP contribution is -2.46. The molecule has 0 saturated carbocycles. The van der Waals surface area contributed by atoms with Gasteiger partial charge in [-0.3, -0.25) is 4.90 Å². The van der Waals surface area contributed by atoms with Crippen LogP contribution in [0.1, 0.15) is 12.1 Å². The highest BCUT2D eigenvalue weighted by Gasteiger charge is 2.16. The summed E-state index contributed by atoms with van der Waals surface area (Å²) in [6.45, 7) is 8.53. The Morgan fingerprint density at radius 1 is 1.04 bits per heavy atom. The van der Waals surface area contributed by atoms with E-state index >= 15 is 0 Å². The third-order valence-electron chi connectivity index (χ3n) is 4.66. The van der Waals surface area contributed by atoms with Crippen LogP contribution >= 0.6 is 0 Å². The Kier molecular flexibility index (Phi) is 6.12. The molecule has 0 bridgehead atoms. The molecule has 5 nitrogen and oxygen atoms in total. The SMILES string of the molecule is COc1ccc(N2CCN(CCCNc3cccc(C)n3)CC2)cc1. The van der Waals surface area contributed by atoms with Crippen LogP contribution in [0.4, 0.5) is 11.5 Å². The zero-order valence-corrected chi connectivity index (χ0v) is 15.2. The van der Waals surface area contributed by atoms with E-state index in [0.29, 0.717) is 0 Å². The highest BCUT2D eigenvalue weighted by atomic mass is 16.5. The molecule has 0 radical (unpaired) electrons. The number of nitrogens with zero attached hydrogens (tertiary/aromatic N) is 3. The summed E-state index contributed by atoms with van der Waals surface area (Å²) in [5.74, 6) is 1.89. The van der Waals surface area contributed by atoms with E-state index in [-0.39, 0.29) is 0 Å². The van der Waals surface area contributed by atoms with E-state index in [2.05, 4.69) is 32.2 Å². The molecular weight excluding hydrogens is 312 g/mol. The molecule has 3 rings (SSSR count). The fraction of sp³-hybridized carbons (Fsp3) is 0.450. The Morgan fingerprint density at radius 3 is 2.48 bits per heavy atom. The fourth-order valence-corrected chi connectivity index (χ4v) is 3.18. The first-order chi connectivity index (χ1) is 12.2. The maximum Gasteiger partial charge on any atom is 0.126 e. The van der Waals surface area contributed by atoms with Crippen LogP contribution in [0.3, 0.4) is 0 Å². The first-order valence-electron chi connectivity index (χ1n) is 9.03. The summed E-state index contributed by atoms with van der Waals surface area (Å²) >= 11 is 0. The second-order valence-electron chi connectivity index (χ2n) is 6.47. The number of nitrogens with one attached hydrogen (secondary N) is 1. The van der Waals surface area contributed by atoms with Crippen molar-refractivity contribution >= 4 is 11.5 Å². The van der Waals surface area contributed by atoms with Gasteiger partial charge in [0.25, 0.3) is 0 Å². The van der Waals surface area contributed by atoms with Crippen molar-refractivity contribution in [3.05, 3.63) is 48.2 Å². The molecule has 5 heteroatoms. The van der Waals surface area contributed by atoms with Crippen molar-refractivity contribution < 1.29 is 4.74 Å². The van der Waals surface area contributed by atoms with Gasteiger partial charge in [0.15, 0.2) is 0 Å². The van der Waals surface area contributed by atoms with Gasteiger partial charge in [-0.15, -0.1) is 0 Å². The number of hydrogen-bond donors (Lipinski definition) is 1. The topological polar surface area (TPSA) is 40.6 Å². The Hall–Kier alpha value is -2.27. The number of benzene rings is 1. The summed E-state index contributed by atoms with van der Waals surface area (Å²) in [5, 5.41) is 3.41. The Bertz CT molecular complexity index is 651. The van der Waals surface area contributed by atoms with Crippen molar-refractivity contribution in [3.8, 4) is 5.75 Å². The van der Waals surface area contributed by atoms with Crippen molar-refractivity contribution in [3.63, 3.8) is 0 Å². The number of hydrogen-bond acceptors (Lipinski definition) is 5. The molecule has 1 aliphatic heterocycles. The number of aryl methyl sites for hydroxylation is 1. The molecule has 25 heavy (non-hydrogen) atoms. The molecule has 2 heterocycles. The molecule has 0 spiro atoms. The van der Waals surface area contributed by atoms with Crippen LogP contribution in [0, 0.1) is 6.92 Å². The summed E-state index contributed by atoms with van der Waals surface area (Å²) in [7, 11) is 1.71. The Balaban J connectivity index is 1.36. The van der Waals surface area contributed by atoms with E-state index in [0.717, 1.165) is 63.0 Å². The van der Waals surface area contributed by atoms with Gasteiger partial charge in [0, 0.05) is 44.1 Å². The van der Waals surface area contributed by atoms with Crippen LogP contribution in [0.15, 0.2) is 42.5 Å². The molecule has 0 aliphatic carbocycles. The van der Waals surface area contributed by atoms with Crippen molar-refractivity contribution in [1.82, 2.24) is 9.88 Å². The van der Waals surface area contributed by atoms with Crippen LogP contribution < -0.4 is 15.0 Å². The van der Waals surface area contributed by atoms with E-state index in [1.807, 2.05) is 37.3 Å². The van der Waals surface area contributed by atoms with Gasteiger partial charge in [0.1, 0.15) is 11.6 Å². The fourth-order valence-electron chi connectivity index (χ4n) is 3.18. The van der Waals surface area contributed by atoms with Crippen LogP contribution in [0.5, 0.6) is 5.75 Å². The van der Waals surface area contributed by atoms with Crippen LogP contribution in [0.2, 0.25) is 0 Å². The van der Waals surface area contributed by atoms with Gasteiger partial charge in [-0.2, -0.15) is 0 Å². The van der Waals surface area contributed by atoms with Gasteiger partial charge in [-0.1, -0.05) is 6.07 Å². The van der Waals surface area contributed by atoms with E-state index in [9.17, 15) is 0 Å². The molecule has 0 unspecified atom stereocenters. The molecule has 1 aromatic heterocycles. The molecule has 134 valence electrons. The lowest BCUT2D eigenvalue weighted by molar-refractivity contribution is 0.257. The highest BCUT2D eigenvalue weighted by molar-refractivity contribution is 5.49. The normalized spacial score (nSPS) is 15.2. The minimum atomic E-state index is 0.915. The van der Waals surface area contributed by atoms with Crippen molar-refractivity contribution in [1.29, 1.82) is 0 Å². The molecular formula is C20H28N4O. The molecule has 1 aromatic carbocycles. The molecule has 1 aliphatic rings. The molecule has 1 saturated heterocycles. The van der Waals surface area contributed by atoms with Crippen LogP contribution in [0.25, 0.3) is 0 Å². The average molecular weight is 340 g/mol. The first kappa shape index (κ1) is 17.5. The maximum absolute atomic E-state index is 5.23. The van der Waals surface area contributed by atoms with E-state index in [1.165, 1.54) is 5.69 Å². The van der Waals surface area contributed by atoms with Crippen molar-refractivity contribution in [2.24, 2.45) is 0 Å². The molecule has 0 amide bonds. The van der Waals surface area contributed by atoms with Gasteiger partial charge in [0.2, 0.25) is 0 Å². The minimum Gasteiger partial charge on any atom is -0.497 e. The van der Waals surface area contributed by atoms with Gasteiger partial charge in [-0.05, 0) is 56.3 Å². The Labute approximate surface area is 150 Å². The third-order valence-corrected chi connectivity index (χ3v) is 4.66. The van der Waals surface area contributed by atoms with Crippen LogP contribution in [-0.4, -0.2) is 56.3 Å². The molecule has 0 atom stereocenters. The largest absolute Gasteiger partial charge is 0.497 e. The van der Waals surface area contributed by atoms with Crippen molar-refractivity contribution in [2.75, 3.05) is 56.6 Å². The summed E-state index contributed by atoms with van der Waals surface area (Å²) < 4.78 is 5.23. The summed E-state index contributed by atoms with van der Waals surface area (Å²) in [5.41, 5.74) is 2.34. The van der Waals surface area contributed by atoms with Gasteiger partial charge < -0.3 is 15.0 Å². The number of aromatic nitrogens is 1. The predicted molar refractivity (Wildman–Crippen MR) is 104 cm³/mol. The van der Waals surface area contributed by atoms with E-state index in [4.69, 9.17) is 4.74 Å². The number of rotatable bonds is 7. The number of piperazine rings is 1. The average Bonchev–Trinajstić information content (AvgIpc) is 2.66. The summed E-state index contributed by atoms with van der Waals surface area (Å²) in [6.07, 6.45) is 1.14. The second kappa shape index (κ2) is 8.72. The van der Waals surface area contributed by atoms with Gasteiger partial charge in [0.05, 0.1) is 7.11 Å². The van der Waals surface area contributed by atoms with Crippen molar-refractivity contribution in [2.45, 2.75) is 13.3 Å². The number of methoxy groups -OCH3 is 1. The lowest BCUT2D eigenvalue weighted by atomic mass is 10.2. The molecule has 1 fully saturated rings. The van der Waals surface area contributed by atoms with Gasteiger partial charge in [-0.25, -0.2) is 4.98 Å². The molecule has 2 aromatic rings. The Morgan fingerprint density at radius 2 is 1.80 bits per heavy atom. The lowest BCUT2D eigenvalue weighted by Gasteiger charge is -2.36. The maximum atomic E-state index is 5.23. The quantitative estimate of drug-likeness (QED) is 0.785. The predicted octanol–water partition coefficient (Wildman–Crippen LogP) is 3.02. The number of ether oxygens (including phenoxy) is 1. The second-order valence-corrected chi connectivity index (χ2v) is 6.47. The smallest absolute Gasteiger partial charge is 0.126 e. The first-order valence-corrected chi connectivity index (χ1v) is 9.03. The minimum absolute atomic E-state index is 0.915. The summed E-state index contributed by atoms with van der Waals surface area (Å²) in [4.78, 5) is 9.47. The standard InChI is InChI=1S/C20H28N4O/c1-17-5-3-6-20(22-17)21-11-4-12-23-13-15-24(16-14-23)18-7-9-19(25-2)10-8-18/h3,5-10H,4,11-16H2,1-2H3,(H,21,22). The number of anilines is 2. The van der Waals surface area contributed by atoms with Crippen LogP contribution in [-0.2, 0) is 0 Å². The van der Waals surface area contributed by atoms with E-state index < -0.39 is 0 Å².